The minimum absolute atomic E-state index is 0.0500. The third kappa shape index (κ3) is 3.01. The summed E-state index contributed by atoms with van der Waals surface area (Å²) in [5, 5.41) is 4.39. The second-order valence-corrected chi connectivity index (χ2v) is 5.09. The molecular formula is C15H20FN3. The van der Waals surface area contributed by atoms with E-state index in [-0.39, 0.29) is 19.0 Å². The van der Waals surface area contributed by atoms with E-state index < -0.39 is 5.67 Å². The fourth-order valence-corrected chi connectivity index (χ4v) is 2.08. The first-order valence-electron chi connectivity index (χ1n) is 6.54. The molecule has 1 aromatic heterocycles. The van der Waals surface area contributed by atoms with Crippen molar-refractivity contribution in [2.24, 2.45) is 5.73 Å². The maximum Gasteiger partial charge on any atom is 0.153 e. The van der Waals surface area contributed by atoms with Gasteiger partial charge in [-0.3, -0.25) is 4.68 Å². The SMILES string of the molecule is CC(C)n1ccc(CC(F)(CN)c2ccccc2)n1. The first-order chi connectivity index (χ1) is 9.05. The third-order valence-corrected chi connectivity index (χ3v) is 3.27. The molecule has 2 N–H and O–H groups in total. The van der Waals surface area contributed by atoms with E-state index >= 15 is 0 Å². The first kappa shape index (κ1) is 13.7. The van der Waals surface area contributed by atoms with Crippen molar-refractivity contribution in [1.29, 1.82) is 0 Å². The highest BCUT2D eigenvalue weighted by molar-refractivity contribution is 5.25. The molecule has 2 aromatic rings. The van der Waals surface area contributed by atoms with E-state index in [1.807, 2.05) is 49.0 Å². The Balaban J connectivity index is 2.23. The number of benzene rings is 1. The summed E-state index contributed by atoms with van der Waals surface area (Å²) in [5.74, 6) is 0. The maximum absolute atomic E-state index is 15.0. The number of alkyl halides is 1. The lowest BCUT2D eigenvalue weighted by Crippen LogP contribution is -2.33. The van der Waals surface area contributed by atoms with Crippen molar-refractivity contribution in [3.8, 4) is 0 Å². The van der Waals surface area contributed by atoms with Crippen LogP contribution in [-0.4, -0.2) is 16.3 Å². The normalized spacial score (nSPS) is 14.6. The summed E-state index contributed by atoms with van der Waals surface area (Å²) >= 11 is 0. The minimum atomic E-state index is -1.56. The average Bonchev–Trinajstić information content (AvgIpc) is 2.88. The van der Waals surface area contributed by atoms with Crippen molar-refractivity contribution in [1.82, 2.24) is 9.78 Å². The standard InChI is InChI=1S/C15H20FN3/c1-12(2)19-9-8-14(18-19)10-15(16,11-17)13-6-4-3-5-7-13/h3-9,12H,10-11,17H2,1-2H3. The molecule has 0 amide bonds. The van der Waals surface area contributed by atoms with Gasteiger partial charge in [0.1, 0.15) is 0 Å². The Labute approximate surface area is 113 Å². The molecule has 4 heteroatoms. The van der Waals surface area contributed by atoms with Gasteiger partial charge in [-0.1, -0.05) is 30.3 Å². The smallest absolute Gasteiger partial charge is 0.153 e. The molecule has 0 aliphatic heterocycles. The minimum Gasteiger partial charge on any atom is -0.327 e. The van der Waals surface area contributed by atoms with Crippen LogP contribution in [0.1, 0.15) is 31.1 Å². The maximum atomic E-state index is 15.0. The topological polar surface area (TPSA) is 43.8 Å². The predicted molar refractivity (Wildman–Crippen MR) is 74.6 cm³/mol. The van der Waals surface area contributed by atoms with E-state index in [0.717, 1.165) is 5.69 Å². The Morgan fingerprint density at radius 2 is 1.95 bits per heavy atom. The van der Waals surface area contributed by atoms with Gasteiger partial charge >= 0.3 is 0 Å². The fourth-order valence-electron chi connectivity index (χ4n) is 2.08. The quantitative estimate of drug-likeness (QED) is 0.899. The van der Waals surface area contributed by atoms with Gasteiger partial charge in [0, 0.05) is 25.2 Å². The summed E-state index contributed by atoms with van der Waals surface area (Å²) in [5.41, 5.74) is 5.42. The number of nitrogens with two attached hydrogens (primary N) is 1. The summed E-state index contributed by atoms with van der Waals surface area (Å²) in [6.45, 7) is 4.03. The molecule has 0 radical (unpaired) electrons. The van der Waals surface area contributed by atoms with Crippen molar-refractivity contribution >= 4 is 0 Å². The van der Waals surface area contributed by atoms with Gasteiger partial charge in [-0.05, 0) is 25.5 Å². The van der Waals surface area contributed by atoms with Crippen LogP contribution in [0.3, 0.4) is 0 Å². The second-order valence-electron chi connectivity index (χ2n) is 5.09. The zero-order valence-corrected chi connectivity index (χ0v) is 11.4. The molecule has 1 atom stereocenters. The van der Waals surface area contributed by atoms with Gasteiger partial charge in [0.05, 0.1) is 5.69 Å². The number of hydrogen-bond acceptors (Lipinski definition) is 2. The van der Waals surface area contributed by atoms with Crippen LogP contribution < -0.4 is 5.73 Å². The molecule has 1 aromatic carbocycles. The van der Waals surface area contributed by atoms with Crippen LogP contribution in [0, 0.1) is 0 Å². The summed E-state index contributed by atoms with van der Waals surface area (Å²) in [6.07, 6.45) is 2.08. The predicted octanol–water partition coefficient (Wildman–Crippen LogP) is 2.83. The Kier molecular flexibility index (Phi) is 4.00. The summed E-state index contributed by atoms with van der Waals surface area (Å²) in [6, 6.07) is 11.2. The molecule has 19 heavy (non-hydrogen) atoms. The van der Waals surface area contributed by atoms with Gasteiger partial charge in [0.25, 0.3) is 0 Å². The number of halogens is 1. The lowest BCUT2D eigenvalue weighted by atomic mass is 9.91. The van der Waals surface area contributed by atoms with E-state index in [0.29, 0.717) is 5.56 Å². The lowest BCUT2D eigenvalue weighted by Gasteiger charge is -2.23. The Hall–Kier alpha value is -1.68. The number of rotatable bonds is 5. The van der Waals surface area contributed by atoms with Crippen molar-refractivity contribution in [3.63, 3.8) is 0 Å². The van der Waals surface area contributed by atoms with Crippen molar-refractivity contribution < 1.29 is 4.39 Å². The lowest BCUT2D eigenvalue weighted by molar-refractivity contribution is 0.173. The zero-order chi connectivity index (χ0) is 13.9. The van der Waals surface area contributed by atoms with E-state index in [1.165, 1.54) is 0 Å². The number of hydrogen-bond donors (Lipinski definition) is 1. The van der Waals surface area contributed by atoms with Crippen molar-refractivity contribution in [2.75, 3.05) is 6.54 Å². The molecule has 2 rings (SSSR count). The number of nitrogens with zero attached hydrogens (tertiary/aromatic N) is 2. The van der Waals surface area contributed by atoms with Crippen LogP contribution in [0.25, 0.3) is 0 Å². The molecule has 0 saturated carbocycles. The third-order valence-electron chi connectivity index (χ3n) is 3.27. The van der Waals surface area contributed by atoms with Gasteiger partial charge in [-0.25, -0.2) is 4.39 Å². The molecular weight excluding hydrogens is 241 g/mol. The number of aromatic nitrogens is 2. The van der Waals surface area contributed by atoms with Crippen LogP contribution in [-0.2, 0) is 12.1 Å². The summed E-state index contributed by atoms with van der Waals surface area (Å²) in [7, 11) is 0. The Bertz CT molecular complexity index is 521. The van der Waals surface area contributed by atoms with Gasteiger partial charge in [-0.15, -0.1) is 0 Å². The second kappa shape index (κ2) is 5.53. The van der Waals surface area contributed by atoms with Gasteiger partial charge in [0.2, 0.25) is 0 Å². The Morgan fingerprint density at radius 3 is 2.47 bits per heavy atom. The highest BCUT2D eigenvalue weighted by atomic mass is 19.1. The Morgan fingerprint density at radius 1 is 1.26 bits per heavy atom. The van der Waals surface area contributed by atoms with E-state index in [9.17, 15) is 4.39 Å². The monoisotopic (exact) mass is 261 g/mol. The molecule has 3 nitrogen and oxygen atoms in total. The van der Waals surface area contributed by atoms with Crippen molar-refractivity contribution in [3.05, 3.63) is 53.9 Å². The molecule has 102 valence electrons. The largest absolute Gasteiger partial charge is 0.327 e. The van der Waals surface area contributed by atoms with Gasteiger partial charge in [0.15, 0.2) is 5.67 Å². The highest BCUT2D eigenvalue weighted by Gasteiger charge is 2.31. The van der Waals surface area contributed by atoms with Crippen LogP contribution in [0.15, 0.2) is 42.6 Å². The zero-order valence-electron chi connectivity index (χ0n) is 11.4. The van der Waals surface area contributed by atoms with E-state index in [2.05, 4.69) is 5.10 Å². The van der Waals surface area contributed by atoms with Crippen LogP contribution in [0.5, 0.6) is 0 Å². The fraction of sp³-hybridized carbons (Fsp3) is 0.400. The van der Waals surface area contributed by atoms with Crippen LogP contribution in [0.2, 0.25) is 0 Å². The molecule has 0 bridgehead atoms. The van der Waals surface area contributed by atoms with E-state index in [4.69, 9.17) is 5.73 Å². The molecule has 0 aliphatic rings. The van der Waals surface area contributed by atoms with Crippen molar-refractivity contribution in [2.45, 2.75) is 32.0 Å². The summed E-state index contributed by atoms with van der Waals surface area (Å²) < 4.78 is 16.8. The molecule has 0 aliphatic carbocycles. The highest BCUT2D eigenvalue weighted by Crippen LogP contribution is 2.28. The summed E-state index contributed by atoms with van der Waals surface area (Å²) in [4.78, 5) is 0. The van der Waals surface area contributed by atoms with Crippen LogP contribution >= 0.6 is 0 Å². The average molecular weight is 261 g/mol. The van der Waals surface area contributed by atoms with Crippen LogP contribution in [0.4, 0.5) is 4.39 Å². The van der Waals surface area contributed by atoms with Gasteiger partial charge < -0.3 is 5.73 Å². The van der Waals surface area contributed by atoms with E-state index in [1.54, 1.807) is 12.1 Å². The molecule has 0 fully saturated rings. The molecule has 1 heterocycles. The molecule has 0 saturated heterocycles. The molecule has 1 unspecified atom stereocenters. The molecule has 0 spiro atoms. The first-order valence-corrected chi connectivity index (χ1v) is 6.54. The van der Waals surface area contributed by atoms with Gasteiger partial charge in [-0.2, -0.15) is 5.10 Å².